The van der Waals surface area contributed by atoms with Gasteiger partial charge in [0.25, 0.3) is 0 Å². The van der Waals surface area contributed by atoms with Crippen LogP contribution in [0.1, 0.15) is 0 Å². The van der Waals surface area contributed by atoms with Crippen molar-refractivity contribution >= 4 is 34.8 Å². The fourth-order valence-corrected chi connectivity index (χ4v) is 2.69. The van der Waals surface area contributed by atoms with Crippen molar-refractivity contribution in [1.82, 2.24) is 0 Å². The van der Waals surface area contributed by atoms with Crippen molar-refractivity contribution in [3.63, 3.8) is 0 Å². The molecule has 0 aromatic heterocycles. The van der Waals surface area contributed by atoms with Gasteiger partial charge in [-0.05, 0) is 18.2 Å². The summed E-state index contributed by atoms with van der Waals surface area (Å²) in [5, 5.41) is 0.900. The van der Waals surface area contributed by atoms with Crippen molar-refractivity contribution in [2.45, 2.75) is 6.61 Å². The predicted molar refractivity (Wildman–Crippen MR) is 73.5 cm³/mol. The van der Waals surface area contributed by atoms with E-state index in [9.17, 15) is 8.78 Å². The summed E-state index contributed by atoms with van der Waals surface area (Å²) in [6.45, 7) is -2.92. The lowest BCUT2D eigenvalue weighted by Gasteiger charge is -2.13. The summed E-state index contributed by atoms with van der Waals surface area (Å²) < 4.78 is 29.2. The molecule has 0 heterocycles. The SMILES string of the molecule is FC(F)Oc1ccccc1-c1c(Cl)cc(Cl)cc1Cl. The number of hydrogen-bond acceptors (Lipinski definition) is 1. The van der Waals surface area contributed by atoms with Crippen LogP contribution in [0.15, 0.2) is 36.4 Å². The predicted octanol–water partition coefficient (Wildman–Crippen LogP) is 5.92. The molecule has 0 spiro atoms. The number of alkyl halides is 2. The molecular formula is C13H7Cl3F2O. The summed E-state index contributed by atoms with van der Waals surface area (Å²) in [6, 6.07) is 9.25. The fourth-order valence-electron chi connectivity index (χ4n) is 1.67. The van der Waals surface area contributed by atoms with Crippen LogP contribution in [0, 0.1) is 0 Å². The van der Waals surface area contributed by atoms with Crippen molar-refractivity contribution in [1.29, 1.82) is 0 Å². The van der Waals surface area contributed by atoms with Gasteiger partial charge < -0.3 is 4.74 Å². The molecule has 0 aliphatic rings. The molecule has 0 unspecified atom stereocenters. The lowest BCUT2D eigenvalue weighted by molar-refractivity contribution is -0.0494. The first-order valence-corrected chi connectivity index (χ1v) is 6.31. The Hall–Kier alpha value is -1.03. The van der Waals surface area contributed by atoms with E-state index in [2.05, 4.69) is 4.74 Å². The van der Waals surface area contributed by atoms with E-state index in [1.807, 2.05) is 0 Å². The molecule has 1 nitrogen and oxygen atoms in total. The van der Waals surface area contributed by atoms with Gasteiger partial charge in [-0.15, -0.1) is 0 Å². The van der Waals surface area contributed by atoms with Crippen LogP contribution in [0.2, 0.25) is 15.1 Å². The maximum Gasteiger partial charge on any atom is 0.387 e. The minimum Gasteiger partial charge on any atom is -0.434 e. The standard InChI is InChI=1S/C13H7Cl3F2O/c14-7-5-9(15)12(10(16)6-7)8-3-1-2-4-11(8)19-13(17)18/h1-6,13H. The number of hydrogen-bond donors (Lipinski definition) is 0. The highest BCUT2D eigenvalue weighted by atomic mass is 35.5. The lowest BCUT2D eigenvalue weighted by atomic mass is 10.0. The van der Waals surface area contributed by atoms with E-state index < -0.39 is 6.61 Å². The molecule has 100 valence electrons. The first kappa shape index (κ1) is 14.4. The fraction of sp³-hybridized carbons (Fsp3) is 0.0769. The van der Waals surface area contributed by atoms with Crippen LogP contribution in [-0.2, 0) is 0 Å². The average Bonchev–Trinajstić information content (AvgIpc) is 2.29. The molecule has 2 aromatic rings. The maximum absolute atomic E-state index is 12.4. The zero-order valence-corrected chi connectivity index (χ0v) is 11.6. The third-order valence-electron chi connectivity index (χ3n) is 2.38. The van der Waals surface area contributed by atoms with Crippen molar-refractivity contribution in [2.75, 3.05) is 0 Å². The van der Waals surface area contributed by atoms with Gasteiger partial charge in [-0.1, -0.05) is 53.0 Å². The number of rotatable bonds is 3. The van der Waals surface area contributed by atoms with Gasteiger partial charge in [0.15, 0.2) is 0 Å². The number of halogens is 5. The van der Waals surface area contributed by atoms with E-state index in [1.165, 1.54) is 18.2 Å². The molecule has 0 N–H and O–H groups in total. The Morgan fingerprint density at radius 2 is 1.53 bits per heavy atom. The summed E-state index contributed by atoms with van der Waals surface area (Å²) in [5.41, 5.74) is 0.790. The first-order valence-electron chi connectivity index (χ1n) is 5.18. The van der Waals surface area contributed by atoms with Gasteiger partial charge >= 0.3 is 6.61 Å². The monoisotopic (exact) mass is 322 g/mol. The Morgan fingerprint density at radius 1 is 0.947 bits per heavy atom. The van der Waals surface area contributed by atoms with E-state index in [0.717, 1.165) is 0 Å². The second kappa shape index (κ2) is 5.95. The Labute approximate surface area is 123 Å². The number of para-hydroxylation sites is 1. The van der Waals surface area contributed by atoms with E-state index >= 15 is 0 Å². The van der Waals surface area contributed by atoms with Crippen molar-refractivity contribution in [3.05, 3.63) is 51.5 Å². The second-order valence-corrected chi connectivity index (χ2v) is 4.87. The normalized spacial score (nSPS) is 10.8. The molecule has 0 radical (unpaired) electrons. The summed E-state index contributed by atoms with van der Waals surface area (Å²) in [6.07, 6.45) is 0. The molecule has 19 heavy (non-hydrogen) atoms. The van der Waals surface area contributed by atoms with Crippen molar-refractivity contribution in [3.8, 4) is 16.9 Å². The van der Waals surface area contributed by atoms with Crippen LogP contribution in [-0.4, -0.2) is 6.61 Å². The van der Waals surface area contributed by atoms with Crippen LogP contribution in [0.25, 0.3) is 11.1 Å². The number of ether oxygens (including phenoxy) is 1. The molecule has 2 rings (SSSR count). The summed E-state index contributed by atoms with van der Waals surface area (Å²) in [7, 11) is 0. The zero-order chi connectivity index (χ0) is 14.0. The third kappa shape index (κ3) is 3.30. The Bertz CT molecular complexity index is 579. The lowest BCUT2D eigenvalue weighted by Crippen LogP contribution is -2.03. The van der Waals surface area contributed by atoms with Gasteiger partial charge in [0.1, 0.15) is 5.75 Å². The van der Waals surface area contributed by atoms with E-state index in [1.54, 1.807) is 18.2 Å². The van der Waals surface area contributed by atoms with E-state index in [-0.39, 0.29) is 15.8 Å². The molecular weight excluding hydrogens is 316 g/mol. The Kier molecular flexibility index (Phi) is 4.50. The Morgan fingerprint density at radius 3 is 2.11 bits per heavy atom. The third-order valence-corrected chi connectivity index (χ3v) is 3.19. The molecule has 0 fully saturated rings. The maximum atomic E-state index is 12.4. The molecule has 0 aliphatic carbocycles. The highest BCUT2D eigenvalue weighted by molar-refractivity contribution is 6.41. The van der Waals surface area contributed by atoms with Crippen LogP contribution < -0.4 is 4.74 Å². The van der Waals surface area contributed by atoms with Crippen molar-refractivity contribution < 1.29 is 13.5 Å². The van der Waals surface area contributed by atoms with E-state index in [0.29, 0.717) is 16.1 Å². The summed E-state index contributed by atoms with van der Waals surface area (Å²) in [4.78, 5) is 0. The topological polar surface area (TPSA) is 9.23 Å². The summed E-state index contributed by atoms with van der Waals surface area (Å²) in [5.74, 6) is 0.00335. The smallest absolute Gasteiger partial charge is 0.387 e. The van der Waals surface area contributed by atoms with Crippen molar-refractivity contribution in [2.24, 2.45) is 0 Å². The highest BCUT2D eigenvalue weighted by Gasteiger charge is 2.16. The highest BCUT2D eigenvalue weighted by Crippen LogP contribution is 2.41. The van der Waals surface area contributed by atoms with Gasteiger partial charge in [-0.2, -0.15) is 8.78 Å². The molecule has 6 heteroatoms. The second-order valence-electron chi connectivity index (χ2n) is 3.62. The minimum atomic E-state index is -2.92. The van der Waals surface area contributed by atoms with E-state index in [4.69, 9.17) is 34.8 Å². The molecule has 0 atom stereocenters. The quantitative estimate of drug-likeness (QED) is 0.681. The van der Waals surface area contributed by atoms with Gasteiger partial charge in [0.05, 0.1) is 10.0 Å². The molecule has 0 bridgehead atoms. The van der Waals surface area contributed by atoms with Gasteiger partial charge in [0.2, 0.25) is 0 Å². The first-order chi connectivity index (χ1) is 8.99. The molecule has 0 saturated carbocycles. The average molecular weight is 324 g/mol. The molecule has 0 aliphatic heterocycles. The molecule has 0 saturated heterocycles. The van der Waals surface area contributed by atoms with Crippen LogP contribution >= 0.6 is 34.8 Å². The van der Waals surface area contributed by atoms with Gasteiger partial charge in [0, 0.05) is 16.1 Å². The molecule has 2 aromatic carbocycles. The zero-order valence-electron chi connectivity index (χ0n) is 9.34. The molecule has 0 amide bonds. The van der Waals surface area contributed by atoms with Crippen LogP contribution in [0.5, 0.6) is 5.75 Å². The minimum absolute atomic E-state index is 0.00335. The summed E-state index contributed by atoms with van der Waals surface area (Å²) >= 11 is 17.9. The van der Waals surface area contributed by atoms with Crippen LogP contribution in [0.3, 0.4) is 0 Å². The largest absolute Gasteiger partial charge is 0.434 e. The Balaban J connectivity index is 2.59. The van der Waals surface area contributed by atoms with Crippen LogP contribution in [0.4, 0.5) is 8.78 Å². The van der Waals surface area contributed by atoms with Gasteiger partial charge in [-0.3, -0.25) is 0 Å². The number of benzene rings is 2. The van der Waals surface area contributed by atoms with Gasteiger partial charge in [-0.25, -0.2) is 0 Å².